The molecule has 0 heterocycles. The van der Waals surface area contributed by atoms with E-state index >= 15 is 0 Å². The molecule has 12 heavy (non-hydrogen) atoms. The first kappa shape index (κ1) is 10.8. The highest BCUT2D eigenvalue weighted by atomic mass is 16.7. The van der Waals surface area contributed by atoms with E-state index < -0.39 is 24.5 Å². The summed E-state index contributed by atoms with van der Waals surface area (Å²) in [6, 6.07) is 0. The van der Waals surface area contributed by atoms with Crippen LogP contribution in [0.5, 0.6) is 0 Å². The van der Waals surface area contributed by atoms with Crippen molar-refractivity contribution in [1.29, 1.82) is 0 Å². The molecule has 0 spiro atoms. The van der Waals surface area contributed by atoms with E-state index in [0.29, 0.717) is 0 Å². The van der Waals surface area contributed by atoms with Gasteiger partial charge in [0.25, 0.3) is 0 Å². The summed E-state index contributed by atoms with van der Waals surface area (Å²) in [5.74, 6) is 11.8. The van der Waals surface area contributed by atoms with Crippen LogP contribution >= 0.6 is 0 Å². The first-order valence-electron chi connectivity index (χ1n) is 2.81. The van der Waals surface area contributed by atoms with Crippen LogP contribution in [0.15, 0.2) is 0 Å². The Bertz CT molecular complexity index is 172. The molecule has 1 atom stereocenters. The fourth-order valence-corrected chi connectivity index (χ4v) is 0.462. The lowest BCUT2D eigenvalue weighted by molar-refractivity contribution is -0.164. The Balaban J connectivity index is 3.99. The van der Waals surface area contributed by atoms with Gasteiger partial charge in [0.15, 0.2) is 6.10 Å². The zero-order valence-corrected chi connectivity index (χ0v) is 6.06. The molecule has 70 valence electrons. The van der Waals surface area contributed by atoms with Gasteiger partial charge in [-0.05, 0) is 0 Å². The van der Waals surface area contributed by atoms with Crippen LogP contribution in [0.2, 0.25) is 0 Å². The lowest BCUT2D eigenvalue weighted by atomic mass is 10.2. The van der Waals surface area contributed by atoms with E-state index in [2.05, 4.69) is 32.2 Å². The first-order valence-corrected chi connectivity index (χ1v) is 2.81. The van der Waals surface area contributed by atoms with Gasteiger partial charge < -0.3 is 9.68 Å². The van der Waals surface area contributed by atoms with Crippen molar-refractivity contribution in [2.45, 2.75) is 12.5 Å². The molecule has 0 aliphatic heterocycles. The minimum Gasteiger partial charge on any atom is -0.373 e. The normalized spacial score (nSPS) is 11.9. The van der Waals surface area contributed by atoms with Gasteiger partial charge in [-0.25, -0.2) is 10.7 Å². The molecule has 6 N–H and O–H groups in total. The van der Waals surface area contributed by atoms with Crippen LogP contribution in [0.4, 0.5) is 0 Å². The number of hydrogen-bond acceptors (Lipinski definition) is 8. The van der Waals surface area contributed by atoms with E-state index in [1.165, 1.54) is 0 Å². The van der Waals surface area contributed by atoms with Crippen LogP contribution in [0.25, 0.3) is 0 Å². The summed E-state index contributed by atoms with van der Waals surface area (Å²) < 4.78 is 0. The van der Waals surface area contributed by atoms with Gasteiger partial charge >= 0.3 is 11.9 Å². The van der Waals surface area contributed by atoms with Gasteiger partial charge in [-0.1, -0.05) is 0 Å². The molecule has 0 saturated carbocycles. The molecule has 0 amide bonds. The number of rotatable bonds is 4. The summed E-state index contributed by atoms with van der Waals surface area (Å²) in [7, 11) is 0. The molecule has 0 aromatic carbocycles. The molecular weight excluding hydrogens is 170 g/mol. The van der Waals surface area contributed by atoms with Crippen molar-refractivity contribution in [1.82, 2.24) is 0 Å². The summed E-state index contributed by atoms with van der Waals surface area (Å²) in [6.07, 6.45) is -1.76. The predicted octanol–water partition coefficient (Wildman–Crippen LogP) is -2.53. The third kappa shape index (κ3) is 3.25. The summed E-state index contributed by atoms with van der Waals surface area (Å²) in [6.45, 7) is 0. The zero-order valence-electron chi connectivity index (χ0n) is 6.06. The topological polar surface area (TPSA) is 140 Å². The van der Waals surface area contributed by atoms with Crippen LogP contribution < -0.4 is 17.7 Å². The summed E-state index contributed by atoms with van der Waals surface area (Å²) in [5, 5.41) is 0. The van der Waals surface area contributed by atoms with Gasteiger partial charge in [0.05, 0.1) is 6.42 Å². The average molecular weight is 179 g/mol. The number of nitrogens with two attached hydrogens (primary N) is 3. The molecule has 0 bridgehead atoms. The molecule has 8 nitrogen and oxygen atoms in total. The molecule has 0 fully saturated rings. The molecule has 1 unspecified atom stereocenters. The van der Waals surface area contributed by atoms with Crippen molar-refractivity contribution in [3.05, 3.63) is 0 Å². The first-order chi connectivity index (χ1) is 5.65. The molecule has 0 aromatic rings. The lowest BCUT2D eigenvalue weighted by Gasteiger charge is -2.08. The van der Waals surface area contributed by atoms with Gasteiger partial charge in [-0.2, -0.15) is 11.8 Å². The number of carbonyl (C=O) groups is 2. The Morgan fingerprint density at radius 1 is 1.17 bits per heavy atom. The molecule has 0 radical (unpaired) electrons. The molecule has 0 aliphatic rings. The van der Waals surface area contributed by atoms with E-state index in [1.807, 2.05) is 0 Å². The lowest BCUT2D eigenvalue weighted by Crippen LogP contribution is -2.34. The van der Waals surface area contributed by atoms with Crippen LogP contribution in [-0.2, 0) is 24.1 Å². The monoisotopic (exact) mass is 179 g/mol. The van der Waals surface area contributed by atoms with Gasteiger partial charge in [0, 0.05) is 0 Å². The minimum absolute atomic E-state index is 0.455. The SMILES string of the molecule is NOC(=O)CC(ON)C(=O)ON. The molecule has 0 aromatic heterocycles. The van der Waals surface area contributed by atoms with Gasteiger partial charge in [0.1, 0.15) is 0 Å². The van der Waals surface area contributed by atoms with Crippen LogP contribution in [0.3, 0.4) is 0 Å². The average Bonchev–Trinajstić information content (AvgIpc) is 2.12. The van der Waals surface area contributed by atoms with Gasteiger partial charge in [0.2, 0.25) is 0 Å². The van der Waals surface area contributed by atoms with Crippen molar-refractivity contribution in [2.24, 2.45) is 17.7 Å². The second-order valence-electron chi connectivity index (χ2n) is 1.76. The van der Waals surface area contributed by atoms with Crippen molar-refractivity contribution in [2.75, 3.05) is 0 Å². The Morgan fingerprint density at radius 2 is 1.75 bits per heavy atom. The van der Waals surface area contributed by atoms with Crippen molar-refractivity contribution in [3.8, 4) is 0 Å². The number of carbonyl (C=O) groups excluding carboxylic acids is 2. The highest BCUT2D eigenvalue weighted by Gasteiger charge is 2.24. The predicted molar refractivity (Wildman–Crippen MR) is 34.2 cm³/mol. The Morgan fingerprint density at radius 3 is 2.08 bits per heavy atom. The molecule has 8 heteroatoms. The van der Waals surface area contributed by atoms with Crippen LogP contribution in [0, 0.1) is 0 Å². The van der Waals surface area contributed by atoms with E-state index in [-0.39, 0.29) is 0 Å². The summed E-state index contributed by atoms with van der Waals surface area (Å²) in [4.78, 5) is 32.6. The van der Waals surface area contributed by atoms with Gasteiger partial charge in [-0.3, -0.25) is 9.63 Å². The Hall–Kier alpha value is -1.22. The highest BCUT2D eigenvalue weighted by molar-refractivity contribution is 5.81. The fraction of sp³-hybridized carbons (Fsp3) is 0.500. The minimum atomic E-state index is -1.30. The summed E-state index contributed by atoms with van der Waals surface area (Å²) >= 11 is 0. The third-order valence-electron chi connectivity index (χ3n) is 1.03. The largest absolute Gasteiger partial charge is 0.373 e. The second kappa shape index (κ2) is 5.43. The molecule has 0 saturated heterocycles. The van der Waals surface area contributed by atoms with E-state index in [0.717, 1.165) is 0 Å². The van der Waals surface area contributed by atoms with Crippen molar-refractivity contribution < 1.29 is 24.1 Å². The van der Waals surface area contributed by atoms with Crippen LogP contribution in [-0.4, -0.2) is 18.0 Å². The third-order valence-corrected chi connectivity index (χ3v) is 1.03. The molecular formula is C4H9N3O5. The van der Waals surface area contributed by atoms with Crippen LogP contribution in [0.1, 0.15) is 6.42 Å². The maximum atomic E-state index is 10.6. The fourth-order valence-electron chi connectivity index (χ4n) is 0.462. The summed E-state index contributed by atoms with van der Waals surface area (Å²) in [5.41, 5.74) is 0. The zero-order chi connectivity index (χ0) is 9.56. The van der Waals surface area contributed by atoms with E-state index in [9.17, 15) is 9.59 Å². The second-order valence-corrected chi connectivity index (χ2v) is 1.76. The Kier molecular flexibility index (Phi) is 4.88. The van der Waals surface area contributed by atoms with Crippen molar-refractivity contribution in [3.63, 3.8) is 0 Å². The highest BCUT2D eigenvalue weighted by Crippen LogP contribution is 1.98. The molecule has 0 aliphatic carbocycles. The number of hydrogen-bond donors (Lipinski definition) is 3. The van der Waals surface area contributed by atoms with Crippen molar-refractivity contribution >= 4 is 11.9 Å². The van der Waals surface area contributed by atoms with E-state index in [4.69, 9.17) is 0 Å². The smallest absolute Gasteiger partial charge is 0.356 e. The standard InChI is InChI=1S/C4H9N3O5/c5-10-2(4(9)12-7)1-3(8)11-6/h2H,1,5-7H2. The maximum absolute atomic E-state index is 10.6. The van der Waals surface area contributed by atoms with E-state index in [1.54, 1.807) is 0 Å². The molecule has 0 rings (SSSR count). The Labute approximate surface area is 67.4 Å². The maximum Gasteiger partial charge on any atom is 0.356 e. The van der Waals surface area contributed by atoms with Gasteiger partial charge in [-0.15, -0.1) is 0 Å². The quantitative estimate of drug-likeness (QED) is 0.401.